The Kier molecular flexibility index (Phi) is 7.40. The second-order valence-electron chi connectivity index (χ2n) is 7.89. The van der Waals surface area contributed by atoms with Crippen LogP contribution in [0.25, 0.3) is 11.3 Å². The summed E-state index contributed by atoms with van der Waals surface area (Å²) >= 11 is 0. The van der Waals surface area contributed by atoms with E-state index in [1.54, 1.807) is 18.2 Å². The molecule has 2 aromatic carbocycles. The molecule has 1 fully saturated rings. The number of aromatic nitrogens is 2. The summed E-state index contributed by atoms with van der Waals surface area (Å²) in [5.41, 5.74) is 2.85. The SMILES string of the molecule is CCOc1ccc(C(=O)Nc2cccc(-c3ccc(N4CCCCC4)nn3)c2)cc1OCC. The fourth-order valence-electron chi connectivity index (χ4n) is 3.92. The van der Waals surface area contributed by atoms with E-state index in [1.165, 1.54) is 19.3 Å². The number of hydrogen-bond acceptors (Lipinski definition) is 6. The van der Waals surface area contributed by atoms with Crippen LogP contribution in [0.15, 0.2) is 54.6 Å². The molecule has 0 saturated carbocycles. The van der Waals surface area contributed by atoms with Gasteiger partial charge in [0.05, 0.1) is 18.9 Å². The minimum Gasteiger partial charge on any atom is -0.490 e. The van der Waals surface area contributed by atoms with Crippen LogP contribution in [0.3, 0.4) is 0 Å². The molecule has 0 aliphatic carbocycles. The van der Waals surface area contributed by atoms with E-state index in [4.69, 9.17) is 9.47 Å². The Hall–Kier alpha value is -3.61. The number of hydrogen-bond donors (Lipinski definition) is 1. The molecule has 1 aliphatic rings. The lowest BCUT2D eigenvalue weighted by atomic mass is 10.1. The number of piperidine rings is 1. The van der Waals surface area contributed by atoms with Crippen molar-refractivity contribution in [2.45, 2.75) is 33.1 Å². The number of amides is 1. The Morgan fingerprint density at radius 2 is 1.70 bits per heavy atom. The summed E-state index contributed by atoms with van der Waals surface area (Å²) in [4.78, 5) is 15.1. The maximum absolute atomic E-state index is 12.9. The molecule has 1 amide bonds. The lowest BCUT2D eigenvalue weighted by Crippen LogP contribution is -2.30. The molecule has 1 N–H and O–H groups in total. The van der Waals surface area contributed by atoms with Gasteiger partial charge in [0.25, 0.3) is 5.91 Å². The molecular weight excluding hydrogens is 416 g/mol. The Balaban J connectivity index is 1.48. The molecular formula is C26H30N4O3. The molecule has 33 heavy (non-hydrogen) atoms. The predicted octanol–water partition coefficient (Wildman–Crippen LogP) is 5.18. The number of ether oxygens (including phenoxy) is 2. The molecule has 0 radical (unpaired) electrons. The Labute approximate surface area is 194 Å². The minimum absolute atomic E-state index is 0.220. The normalized spacial score (nSPS) is 13.5. The summed E-state index contributed by atoms with van der Waals surface area (Å²) in [5, 5.41) is 11.8. The van der Waals surface area contributed by atoms with E-state index in [2.05, 4.69) is 20.4 Å². The van der Waals surface area contributed by atoms with Crippen LogP contribution >= 0.6 is 0 Å². The average molecular weight is 447 g/mol. The van der Waals surface area contributed by atoms with Gasteiger partial charge in [0.2, 0.25) is 0 Å². The van der Waals surface area contributed by atoms with Crippen LogP contribution in [0.5, 0.6) is 11.5 Å². The first kappa shape index (κ1) is 22.6. The van der Waals surface area contributed by atoms with Gasteiger partial charge in [0.15, 0.2) is 17.3 Å². The van der Waals surface area contributed by atoms with Gasteiger partial charge >= 0.3 is 0 Å². The van der Waals surface area contributed by atoms with Crippen molar-refractivity contribution in [3.8, 4) is 22.8 Å². The number of nitrogens with one attached hydrogen (secondary N) is 1. The van der Waals surface area contributed by atoms with Gasteiger partial charge in [-0.3, -0.25) is 4.79 Å². The molecule has 4 rings (SSSR count). The number of benzene rings is 2. The van der Waals surface area contributed by atoms with Gasteiger partial charge in [-0.25, -0.2) is 0 Å². The topological polar surface area (TPSA) is 76.6 Å². The fourth-order valence-corrected chi connectivity index (χ4v) is 3.92. The Bertz CT molecular complexity index is 1080. The van der Waals surface area contributed by atoms with E-state index in [0.717, 1.165) is 30.2 Å². The molecule has 1 aliphatic heterocycles. The average Bonchev–Trinajstić information content (AvgIpc) is 2.86. The van der Waals surface area contributed by atoms with Crippen LogP contribution in [-0.4, -0.2) is 42.4 Å². The molecule has 0 atom stereocenters. The van der Waals surface area contributed by atoms with E-state index in [0.29, 0.717) is 36.0 Å². The zero-order valence-corrected chi connectivity index (χ0v) is 19.2. The highest BCUT2D eigenvalue weighted by Gasteiger charge is 2.14. The number of carbonyl (C=O) groups is 1. The molecule has 3 aromatic rings. The van der Waals surface area contributed by atoms with Crippen LogP contribution in [-0.2, 0) is 0 Å². The summed E-state index contributed by atoms with van der Waals surface area (Å²) in [5.74, 6) is 1.89. The largest absolute Gasteiger partial charge is 0.490 e. The summed E-state index contributed by atoms with van der Waals surface area (Å²) in [6, 6.07) is 16.8. The third-order valence-electron chi connectivity index (χ3n) is 5.55. The molecule has 172 valence electrons. The molecule has 2 heterocycles. The second kappa shape index (κ2) is 10.8. The van der Waals surface area contributed by atoms with Gasteiger partial charge in [0, 0.05) is 29.9 Å². The van der Waals surface area contributed by atoms with Gasteiger partial charge in [-0.05, 0) is 75.6 Å². The summed E-state index contributed by atoms with van der Waals surface area (Å²) in [6.07, 6.45) is 3.68. The van der Waals surface area contributed by atoms with Crippen molar-refractivity contribution >= 4 is 17.4 Å². The third kappa shape index (κ3) is 5.61. The standard InChI is InChI=1S/C26H30N4O3/c1-3-32-23-13-11-20(18-24(23)33-4-2)26(31)27-21-10-8-9-19(17-21)22-12-14-25(29-28-22)30-15-6-5-7-16-30/h8-14,17-18H,3-7,15-16H2,1-2H3,(H,27,31). The molecule has 0 spiro atoms. The number of rotatable bonds is 8. The lowest BCUT2D eigenvalue weighted by Gasteiger charge is -2.27. The fraction of sp³-hybridized carbons (Fsp3) is 0.346. The van der Waals surface area contributed by atoms with Crippen molar-refractivity contribution in [2.24, 2.45) is 0 Å². The summed E-state index contributed by atoms with van der Waals surface area (Å²) in [6.45, 7) is 6.90. The quantitative estimate of drug-likeness (QED) is 0.514. The maximum Gasteiger partial charge on any atom is 0.255 e. The van der Waals surface area contributed by atoms with Gasteiger partial charge in [-0.1, -0.05) is 12.1 Å². The molecule has 7 nitrogen and oxygen atoms in total. The number of anilines is 2. The zero-order valence-electron chi connectivity index (χ0n) is 19.2. The molecule has 1 aromatic heterocycles. The maximum atomic E-state index is 12.9. The van der Waals surface area contributed by atoms with Gasteiger partial charge in [-0.15, -0.1) is 10.2 Å². The number of carbonyl (C=O) groups excluding carboxylic acids is 1. The van der Waals surface area contributed by atoms with E-state index in [9.17, 15) is 4.79 Å². The first-order valence-corrected chi connectivity index (χ1v) is 11.6. The van der Waals surface area contributed by atoms with E-state index in [-0.39, 0.29) is 5.91 Å². The van der Waals surface area contributed by atoms with E-state index in [1.807, 2.05) is 50.2 Å². The molecule has 7 heteroatoms. The minimum atomic E-state index is -0.220. The lowest BCUT2D eigenvalue weighted by molar-refractivity contribution is 0.102. The monoisotopic (exact) mass is 446 g/mol. The van der Waals surface area contributed by atoms with E-state index < -0.39 is 0 Å². The second-order valence-corrected chi connectivity index (χ2v) is 7.89. The molecule has 0 unspecified atom stereocenters. The Morgan fingerprint density at radius 3 is 2.42 bits per heavy atom. The van der Waals surface area contributed by atoms with E-state index >= 15 is 0 Å². The molecule has 0 bridgehead atoms. The van der Waals surface area contributed by atoms with Crippen LogP contribution in [0.2, 0.25) is 0 Å². The van der Waals surface area contributed by atoms with Crippen LogP contribution in [0.1, 0.15) is 43.5 Å². The van der Waals surface area contributed by atoms with Crippen molar-refractivity contribution in [2.75, 3.05) is 36.5 Å². The third-order valence-corrected chi connectivity index (χ3v) is 5.55. The van der Waals surface area contributed by atoms with Crippen LogP contribution < -0.4 is 19.7 Å². The Morgan fingerprint density at radius 1 is 0.909 bits per heavy atom. The summed E-state index contributed by atoms with van der Waals surface area (Å²) in [7, 11) is 0. The van der Waals surface area contributed by atoms with Crippen LogP contribution in [0, 0.1) is 0 Å². The van der Waals surface area contributed by atoms with Crippen molar-refractivity contribution in [3.63, 3.8) is 0 Å². The first-order chi connectivity index (χ1) is 16.2. The first-order valence-electron chi connectivity index (χ1n) is 11.6. The van der Waals surface area contributed by atoms with Gasteiger partial charge in [-0.2, -0.15) is 0 Å². The zero-order chi connectivity index (χ0) is 23.0. The summed E-state index contributed by atoms with van der Waals surface area (Å²) < 4.78 is 11.2. The highest BCUT2D eigenvalue weighted by Crippen LogP contribution is 2.29. The van der Waals surface area contributed by atoms with Crippen LogP contribution in [0.4, 0.5) is 11.5 Å². The van der Waals surface area contributed by atoms with Crippen molar-refractivity contribution in [3.05, 3.63) is 60.2 Å². The molecule has 1 saturated heterocycles. The van der Waals surface area contributed by atoms with Crippen molar-refractivity contribution in [1.82, 2.24) is 10.2 Å². The van der Waals surface area contributed by atoms with Gasteiger partial charge in [0.1, 0.15) is 0 Å². The van der Waals surface area contributed by atoms with Crippen molar-refractivity contribution < 1.29 is 14.3 Å². The highest BCUT2D eigenvalue weighted by molar-refractivity contribution is 6.04. The predicted molar refractivity (Wildman–Crippen MR) is 130 cm³/mol. The van der Waals surface area contributed by atoms with Crippen molar-refractivity contribution in [1.29, 1.82) is 0 Å². The smallest absolute Gasteiger partial charge is 0.255 e. The highest BCUT2D eigenvalue weighted by atomic mass is 16.5. The van der Waals surface area contributed by atoms with Gasteiger partial charge < -0.3 is 19.7 Å². The number of nitrogens with zero attached hydrogens (tertiary/aromatic N) is 3.